The number of hydrogen-bond donors (Lipinski definition) is 3. The van der Waals surface area contributed by atoms with Gasteiger partial charge in [-0.15, -0.1) is 0 Å². The average Bonchev–Trinajstić information content (AvgIpc) is 1.81. The van der Waals surface area contributed by atoms with Crippen molar-refractivity contribution in [3.63, 3.8) is 0 Å². The van der Waals surface area contributed by atoms with E-state index in [2.05, 4.69) is 5.32 Å². The topological polar surface area (TPSA) is 69.6 Å². The maximum absolute atomic E-state index is 10.1. The summed E-state index contributed by atoms with van der Waals surface area (Å²) in [6.07, 6.45) is -1.09. The Bertz CT molecular complexity index is 114. The van der Waals surface area contributed by atoms with Gasteiger partial charge in [-0.05, 0) is 5.92 Å². The summed E-state index contributed by atoms with van der Waals surface area (Å²) in [5, 5.41) is 19.1. The third-order valence-corrected chi connectivity index (χ3v) is 1.31. The van der Waals surface area contributed by atoms with Gasteiger partial charge < -0.3 is 15.5 Å². The zero-order valence-electron chi connectivity index (χ0n) is 6.16. The first-order valence-electron chi connectivity index (χ1n) is 3.18. The molecule has 1 atom stereocenters. The van der Waals surface area contributed by atoms with Crippen LogP contribution in [0.3, 0.4) is 0 Å². The lowest BCUT2D eigenvalue weighted by Gasteiger charge is -2.17. The Kier molecular flexibility index (Phi) is 3.79. The number of carboxylic acid groups (broad SMARTS) is 1. The minimum Gasteiger partial charge on any atom is -0.465 e. The van der Waals surface area contributed by atoms with Crippen LogP contribution in [0.4, 0.5) is 4.79 Å². The molecular formula is C6H13NO3. The molecule has 0 aromatic rings. The van der Waals surface area contributed by atoms with Gasteiger partial charge in [-0.3, -0.25) is 0 Å². The van der Waals surface area contributed by atoms with E-state index in [0.29, 0.717) is 0 Å². The van der Waals surface area contributed by atoms with Crippen LogP contribution in [0.15, 0.2) is 0 Å². The van der Waals surface area contributed by atoms with E-state index < -0.39 is 6.09 Å². The van der Waals surface area contributed by atoms with Gasteiger partial charge in [-0.25, -0.2) is 4.79 Å². The lowest BCUT2D eigenvalue weighted by atomic mass is 10.1. The highest BCUT2D eigenvalue weighted by atomic mass is 16.4. The van der Waals surface area contributed by atoms with Crippen LogP contribution in [0.1, 0.15) is 13.8 Å². The minimum absolute atomic E-state index is 0.126. The van der Waals surface area contributed by atoms with Gasteiger partial charge in [0.25, 0.3) is 0 Å². The highest BCUT2D eigenvalue weighted by Gasteiger charge is 2.13. The van der Waals surface area contributed by atoms with Crippen LogP contribution in [0.5, 0.6) is 0 Å². The molecule has 0 heterocycles. The Morgan fingerprint density at radius 2 is 2.10 bits per heavy atom. The van der Waals surface area contributed by atoms with Crippen molar-refractivity contribution in [1.82, 2.24) is 5.32 Å². The van der Waals surface area contributed by atoms with E-state index in [1.807, 2.05) is 13.8 Å². The minimum atomic E-state index is -1.09. The van der Waals surface area contributed by atoms with Crippen molar-refractivity contribution in [2.75, 3.05) is 6.61 Å². The van der Waals surface area contributed by atoms with Crippen molar-refractivity contribution < 1.29 is 15.0 Å². The molecule has 60 valence electrons. The predicted octanol–water partition coefficient (Wildman–Crippen LogP) is 0.271. The van der Waals surface area contributed by atoms with Crippen molar-refractivity contribution in [1.29, 1.82) is 0 Å². The number of nitrogens with one attached hydrogen (secondary N) is 1. The molecule has 0 fully saturated rings. The van der Waals surface area contributed by atoms with Crippen LogP contribution in [0.25, 0.3) is 0 Å². The maximum Gasteiger partial charge on any atom is 0.404 e. The van der Waals surface area contributed by atoms with Gasteiger partial charge in [0.2, 0.25) is 0 Å². The summed E-state index contributed by atoms with van der Waals surface area (Å²) in [6, 6.07) is -0.350. The Morgan fingerprint density at radius 3 is 2.20 bits per heavy atom. The van der Waals surface area contributed by atoms with E-state index >= 15 is 0 Å². The number of rotatable bonds is 3. The Balaban J connectivity index is 3.71. The van der Waals surface area contributed by atoms with Crippen molar-refractivity contribution in [3.05, 3.63) is 0 Å². The number of hydrogen-bond acceptors (Lipinski definition) is 2. The lowest BCUT2D eigenvalue weighted by molar-refractivity contribution is 0.166. The summed E-state index contributed by atoms with van der Waals surface area (Å²) in [4.78, 5) is 10.1. The Labute approximate surface area is 59.9 Å². The summed E-state index contributed by atoms with van der Waals surface area (Å²) >= 11 is 0. The summed E-state index contributed by atoms with van der Waals surface area (Å²) in [6.45, 7) is 3.54. The van der Waals surface area contributed by atoms with Crippen molar-refractivity contribution in [3.8, 4) is 0 Å². The van der Waals surface area contributed by atoms with E-state index in [1.54, 1.807) is 0 Å². The van der Waals surface area contributed by atoms with Crippen molar-refractivity contribution >= 4 is 6.09 Å². The zero-order chi connectivity index (χ0) is 8.15. The fraction of sp³-hybridized carbons (Fsp3) is 0.833. The monoisotopic (exact) mass is 147 g/mol. The molecule has 0 saturated carbocycles. The molecule has 0 spiro atoms. The summed E-state index contributed by atoms with van der Waals surface area (Å²) < 4.78 is 0. The highest BCUT2D eigenvalue weighted by molar-refractivity contribution is 5.64. The standard InChI is InChI=1S/C6H13NO3/c1-4(2)5(3-8)7-6(9)10/h4-5,7-8H,3H2,1-2H3,(H,9,10)/t5-/m1/s1. The van der Waals surface area contributed by atoms with Crippen LogP contribution >= 0.6 is 0 Å². The summed E-state index contributed by atoms with van der Waals surface area (Å²) in [5.74, 6) is 0.126. The summed E-state index contributed by atoms with van der Waals surface area (Å²) in [5.41, 5.74) is 0. The fourth-order valence-corrected chi connectivity index (χ4v) is 0.582. The molecule has 3 N–H and O–H groups in total. The second kappa shape index (κ2) is 4.11. The van der Waals surface area contributed by atoms with Gasteiger partial charge in [0.05, 0.1) is 12.6 Å². The Hall–Kier alpha value is -0.770. The number of aliphatic hydroxyl groups is 1. The first kappa shape index (κ1) is 9.23. The van der Waals surface area contributed by atoms with Gasteiger partial charge in [0, 0.05) is 0 Å². The number of carbonyl (C=O) groups is 1. The van der Waals surface area contributed by atoms with E-state index in [9.17, 15) is 4.79 Å². The van der Waals surface area contributed by atoms with Gasteiger partial charge in [-0.2, -0.15) is 0 Å². The van der Waals surface area contributed by atoms with Crippen LogP contribution in [-0.4, -0.2) is 29.0 Å². The zero-order valence-corrected chi connectivity index (χ0v) is 6.16. The van der Waals surface area contributed by atoms with Gasteiger partial charge >= 0.3 is 6.09 Å². The molecule has 4 heteroatoms. The molecule has 0 radical (unpaired) electrons. The third-order valence-electron chi connectivity index (χ3n) is 1.31. The molecule has 0 saturated heterocycles. The fourth-order valence-electron chi connectivity index (χ4n) is 0.582. The van der Waals surface area contributed by atoms with Crippen LogP contribution in [-0.2, 0) is 0 Å². The number of amides is 1. The van der Waals surface area contributed by atoms with Gasteiger partial charge in [-0.1, -0.05) is 13.8 Å². The van der Waals surface area contributed by atoms with Crippen LogP contribution in [0.2, 0.25) is 0 Å². The highest BCUT2D eigenvalue weighted by Crippen LogP contribution is 1.99. The average molecular weight is 147 g/mol. The molecule has 4 nitrogen and oxygen atoms in total. The maximum atomic E-state index is 10.1. The van der Waals surface area contributed by atoms with Crippen LogP contribution < -0.4 is 5.32 Å². The van der Waals surface area contributed by atoms with E-state index in [1.165, 1.54) is 0 Å². The van der Waals surface area contributed by atoms with Crippen molar-refractivity contribution in [2.45, 2.75) is 19.9 Å². The normalized spacial score (nSPS) is 13.2. The molecule has 0 aromatic carbocycles. The first-order chi connectivity index (χ1) is 4.57. The smallest absolute Gasteiger partial charge is 0.404 e. The lowest BCUT2D eigenvalue weighted by Crippen LogP contribution is -2.40. The van der Waals surface area contributed by atoms with Crippen LogP contribution in [0, 0.1) is 5.92 Å². The first-order valence-corrected chi connectivity index (χ1v) is 3.18. The van der Waals surface area contributed by atoms with Crippen molar-refractivity contribution in [2.24, 2.45) is 5.92 Å². The molecule has 0 aliphatic heterocycles. The molecule has 1 amide bonds. The molecule has 0 rings (SSSR count). The predicted molar refractivity (Wildman–Crippen MR) is 36.9 cm³/mol. The molecule has 0 aromatic heterocycles. The molecule has 0 aliphatic carbocycles. The van der Waals surface area contributed by atoms with E-state index in [4.69, 9.17) is 10.2 Å². The van der Waals surface area contributed by atoms with Gasteiger partial charge in [0.15, 0.2) is 0 Å². The quantitative estimate of drug-likeness (QED) is 0.536. The summed E-state index contributed by atoms with van der Waals surface area (Å²) in [7, 11) is 0. The van der Waals surface area contributed by atoms with E-state index in [-0.39, 0.29) is 18.6 Å². The molecule has 0 aliphatic rings. The second-order valence-electron chi connectivity index (χ2n) is 2.48. The van der Waals surface area contributed by atoms with Gasteiger partial charge in [0.1, 0.15) is 0 Å². The SMILES string of the molecule is CC(C)[C@@H](CO)NC(=O)O. The largest absolute Gasteiger partial charge is 0.465 e. The third kappa shape index (κ3) is 3.29. The molecule has 0 bridgehead atoms. The Morgan fingerprint density at radius 1 is 1.60 bits per heavy atom. The number of aliphatic hydroxyl groups excluding tert-OH is 1. The molecule has 10 heavy (non-hydrogen) atoms. The molecule has 0 unspecified atom stereocenters. The van der Waals surface area contributed by atoms with E-state index in [0.717, 1.165) is 0 Å². The second-order valence-corrected chi connectivity index (χ2v) is 2.48. The molecular weight excluding hydrogens is 134 g/mol.